The predicted molar refractivity (Wildman–Crippen MR) is 100 cm³/mol. The van der Waals surface area contributed by atoms with Gasteiger partial charge in [-0.2, -0.15) is 0 Å². The third kappa shape index (κ3) is 5.20. The maximum absolute atomic E-state index is 11.3. The summed E-state index contributed by atoms with van der Waals surface area (Å²) in [6, 6.07) is 0. The number of carbonyl (C=O) groups is 1. The molecule has 34 heavy (non-hydrogen) atoms. The third-order valence-electron chi connectivity index (χ3n) is 6.01. The molecule has 0 radical (unpaired) electrons. The first-order chi connectivity index (χ1) is 15.9. The first-order valence-electron chi connectivity index (χ1n) is 10.4. The highest BCUT2D eigenvalue weighted by molar-refractivity contribution is 5.73. The van der Waals surface area contributed by atoms with Crippen molar-refractivity contribution in [3.63, 3.8) is 0 Å². The van der Waals surface area contributed by atoms with Crippen molar-refractivity contribution >= 4 is 5.97 Å². The second kappa shape index (κ2) is 10.9. The van der Waals surface area contributed by atoms with Crippen molar-refractivity contribution in [2.24, 2.45) is 0 Å². The molecule has 3 aliphatic rings. The van der Waals surface area contributed by atoms with Crippen LogP contribution in [0.3, 0.4) is 0 Å². The smallest absolute Gasteiger partial charge is 0.335 e. The van der Waals surface area contributed by atoms with Crippen LogP contribution in [0, 0.1) is 0 Å². The molecule has 16 heteroatoms. The molecule has 0 amide bonds. The molecule has 3 saturated heterocycles. The monoisotopic (exact) mass is 502 g/mol. The van der Waals surface area contributed by atoms with Crippen LogP contribution in [0.1, 0.15) is 6.92 Å². The molecule has 0 unspecified atom stereocenters. The highest BCUT2D eigenvalue weighted by Crippen LogP contribution is 2.32. The first kappa shape index (κ1) is 27.5. The van der Waals surface area contributed by atoms with Crippen LogP contribution < -0.4 is 0 Å². The number of aliphatic hydroxyl groups excluding tert-OH is 9. The second-order valence-corrected chi connectivity index (χ2v) is 8.36. The average molecular weight is 502 g/mol. The Labute approximate surface area is 192 Å². The van der Waals surface area contributed by atoms with Gasteiger partial charge in [0.2, 0.25) is 0 Å². The van der Waals surface area contributed by atoms with Crippen molar-refractivity contribution in [3.05, 3.63) is 0 Å². The van der Waals surface area contributed by atoms with Gasteiger partial charge in [-0.15, -0.1) is 0 Å². The molecule has 0 aromatic heterocycles. The number of aliphatic carboxylic acids is 1. The third-order valence-corrected chi connectivity index (χ3v) is 6.01. The summed E-state index contributed by atoms with van der Waals surface area (Å²) in [4.78, 5) is 11.3. The molecular formula is C18H30O16. The van der Waals surface area contributed by atoms with E-state index in [0.29, 0.717) is 0 Å². The standard InChI is InChI=1S/C18H30O16/c1-3-12(32-18-10(25)7(22)8(23)14(34-18)15(27)28)13(11(26)16(29)30-3)33-17-9(24)6(21)5(20)4(2-19)31-17/h3-14,16-26,29H,2H2,1H3,(H,27,28)/t3-,4+,5-,6-,7-,8-,9+,10+,11+,12-,13-,14-,16+,17-,18+/m0/s1. The van der Waals surface area contributed by atoms with Gasteiger partial charge in [0, 0.05) is 0 Å². The zero-order valence-corrected chi connectivity index (χ0v) is 17.8. The number of aliphatic hydroxyl groups is 9. The van der Waals surface area contributed by atoms with E-state index in [1.54, 1.807) is 0 Å². The Kier molecular flexibility index (Phi) is 8.81. The van der Waals surface area contributed by atoms with Gasteiger partial charge in [0.1, 0.15) is 61.0 Å². The van der Waals surface area contributed by atoms with Crippen LogP contribution in [0.2, 0.25) is 0 Å². The van der Waals surface area contributed by atoms with Crippen molar-refractivity contribution in [2.45, 2.75) is 99.0 Å². The van der Waals surface area contributed by atoms with Crippen LogP contribution in [-0.2, 0) is 28.5 Å². The minimum atomic E-state index is -1.99. The highest BCUT2D eigenvalue weighted by atomic mass is 16.8. The molecule has 3 heterocycles. The van der Waals surface area contributed by atoms with Gasteiger partial charge in [-0.25, -0.2) is 4.79 Å². The maximum Gasteiger partial charge on any atom is 0.335 e. The number of ether oxygens (including phenoxy) is 5. The molecule has 0 aromatic carbocycles. The lowest BCUT2D eigenvalue weighted by Gasteiger charge is -2.47. The highest BCUT2D eigenvalue weighted by Gasteiger charge is 2.53. The summed E-state index contributed by atoms with van der Waals surface area (Å²) < 4.78 is 26.5. The zero-order valence-electron chi connectivity index (χ0n) is 17.8. The Balaban J connectivity index is 1.82. The van der Waals surface area contributed by atoms with Gasteiger partial charge in [-0.05, 0) is 6.92 Å². The topological polar surface area (TPSA) is 266 Å². The first-order valence-corrected chi connectivity index (χ1v) is 10.4. The van der Waals surface area contributed by atoms with Crippen LogP contribution in [0.15, 0.2) is 0 Å². The molecule has 3 aliphatic heterocycles. The van der Waals surface area contributed by atoms with Crippen LogP contribution >= 0.6 is 0 Å². The lowest BCUT2D eigenvalue weighted by atomic mass is 9.96. The van der Waals surface area contributed by atoms with Gasteiger partial charge in [-0.1, -0.05) is 0 Å². The number of rotatable bonds is 6. The van der Waals surface area contributed by atoms with Gasteiger partial charge in [-0.3, -0.25) is 0 Å². The van der Waals surface area contributed by atoms with E-state index < -0.39 is 105 Å². The number of hydrogen-bond donors (Lipinski definition) is 10. The minimum absolute atomic E-state index is 0.765. The van der Waals surface area contributed by atoms with Gasteiger partial charge in [0.05, 0.1) is 12.7 Å². The van der Waals surface area contributed by atoms with Gasteiger partial charge in [0.25, 0.3) is 0 Å². The Bertz CT molecular complexity index is 693. The van der Waals surface area contributed by atoms with Crippen LogP contribution in [-0.4, -0.2) is 156 Å². The van der Waals surface area contributed by atoms with E-state index in [9.17, 15) is 55.9 Å². The Morgan fingerprint density at radius 1 is 0.706 bits per heavy atom. The molecule has 0 spiro atoms. The molecule has 3 fully saturated rings. The fraction of sp³-hybridized carbons (Fsp3) is 0.944. The second-order valence-electron chi connectivity index (χ2n) is 8.36. The van der Waals surface area contributed by atoms with Crippen molar-refractivity contribution in [3.8, 4) is 0 Å². The van der Waals surface area contributed by atoms with E-state index in [1.807, 2.05) is 0 Å². The summed E-state index contributed by atoms with van der Waals surface area (Å²) in [7, 11) is 0. The minimum Gasteiger partial charge on any atom is -0.479 e. The lowest BCUT2D eigenvalue weighted by molar-refractivity contribution is -0.378. The molecule has 15 atom stereocenters. The summed E-state index contributed by atoms with van der Waals surface area (Å²) in [5.74, 6) is -1.66. The van der Waals surface area contributed by atoms with Gasteiger partial charge in [0.15, 0.2) is 25.0 Å². The predicted octanol–water partition coefficient (Wildman–Crippen LogP) is -6.45. The molecule has 10 N–H and O–H groups in total. The number of carboxylic acids is 1. The largest absolute Gasteiger partial charge is 0.479 e. The fourth-order valence-corrected chi connectivity index (χ4v) is 4.00. The summed E-state index contributed by atoms with van der Waals surface area (Å²) >= 11 is 0. The summed E-state index contributed by atoms with van der Waals surface area (Å²) in [5.41, 5.74) is 0. The fourth-order valence-electron chi connectivity index (χ4n) is 4.00. The van der Waals surface area contributed by atoms with E-state index in [0.717, 1.165) is 0 Å². The summed E-state index contributed by atoms with van der Waals surface area (Å²) in [6.45, 7) is 0.581. The Morgan fingerprint density at radius 3 is 1.79 bits per heavy atom. The van der Waals surface area contributed by atoms with Gasteiger partial charge >= 0.3 is 5.97 Å². The van der Waals surface area contributed by atoms with Crippen LogP contribution in [0.4, 0.5) is 0 Å². The normalized spacial score (nSPS) is 52.4. The molecule has 0 bridgehead atoms. The molecule has 3 rings (SSSR count). The van der Waals surface area contributed by atoms with Crippen LogP contribution in [0.25, 0.3) is 0 Å². The van der Waals surface area contributed by atoms with Gasteiger partial charge < -0.3 is 74.7 Å². The van der Waals surface area contributed by atoms with Crippen molar-refractivity contribution in [1.82, 2.24) is 0 Å². The summed E-state index contributed by atoms with van der Waals surface area (Å²) in [6.07, 6.45) is -26.2. The molecule has 0 aliphatic carbocycles. The van der Waals surface area contributed by atoms with Crippen molar-refractivity contribution in [1.29, 1.82) is 0 Å². The Hall–Kier alpha value is -1.09. The molecule has 198 valence electrons. The van der Waals surface area contributed by atoms with E-state index in [1.165, 1.54) is 6.92 Å². The SMILES string of the molecule is C[C@@H]1O[C@@H](O)[C@H](O)[C@H](O[C@@H]2O[C@H](CO)[C@H](O)[C@H](O)[C@H]2O)[C@H]1O[C@@H]1O[C@H](C(=O)O)[C@@H](O)[C@H](O)[C@H]1O. The zero-order chi connectivity index (χ0) is 25.5. The quantitative estimate of drug-likeness (QED) is 0.162. The summed E-state index contributed by atoms with van der Waals surface area (Å²) in [5, 5.41) is 99.1. The lowest BCUT2D eigenvalue weighted by Crippen LogP contribution is -2.66. The van der Waals surface area contributed by atoms with E-state index in [2.05, 4.69) is 0 Å². The average Bonchev–Trinajstić information content (AvgIpc) is 2.79. The maximum atomic E-state index is 11.3. The molecule has 16 nitrogen and oxygen atoms in total. The van der Waals surface area contributed by atoms with E-state index >= 15 is 0 Å². The molecular weight excluding hydrogens is 472 g/mol. The van der Waals surface area contributed by atoms with Crippen molar-refractivity contribution < 1.29 is 79.5 Å². The number of carboxylic acid groups (broad SMARTS) is 1. The van der Waals surface area contributed by atoms with Crippen LogP contribution in [0.5, 0.6) is 0 Å². The molecule has 0 saturated carbocycles. The van der Waals surface area contributed by atoms with E-state index in [-0.39, 0.29) is 0 Å². The van der Waals surface area contributed by atoms with Crippen molar-refractivity contribution in [2.75, 3.05) is 6.61 Å². The Morgan fingerprint density at radius 2 is 1.24 bits per heavy atom. The number of hydrogen-bond acceptors (Lipinski definition) is 15. The molecule has 0 aromatic rings. The van der Waals surface area contributed by atoms with E-state index in [4.69, 9.17) is 23.7 Å².